The van der Waals surface area contributed by atoms with Crippen LogP contribution in [0.15, 0.2) is 44.9 Å². The van der Waals surface area contributed by atoms with E-state index in [-0.39, 0.29) is 4.90 Å². The molecule has 1 fully saturated rings. The molecule has 0 atom stereocenters. The minimum absolute atomic E-state index is 0.203. The van der Waals surface area contributed by atoms with Crippen LogP contribution in [0.4, 0.5) is 0 Å². The van der Waals surface area contributed by atoms with E-state index in [4.69, 9.17) is 4.52 Å². The van der Waals surface area contributed by atoms with Crippen LogP contribution in [0.1, 0.15) is 37.1 Å². The molecule has 152 valence electrons. The van der Waals surface area contributed by atoms with Crippen LogP contribution in [-0.2, 0) is 10.0 Å². The summed E-state index contributed by atoms with van der Waals surface area (Å²) in [5.41, 5.74) is 2.19. The van der Waals surface area contributed by atoms with Gasteiger partial charge in [-0.1, -0.05) is 18.0 Å². The number of aliphatic imine (C=N–C) groups is 1. The minimum atomic E-state index is -3.82. The topological polar surface area (TPSA) is 97.5 Å². The van der Waals surface area contributed by atoms with Gasteiger partial charge in [0, 0.05) is 30.4 Å². The normalized spacial score (nSPS) is 16.8. The van der Waals surface area contributed by atoms with E-state index in [0.29, 0.717) is 22.4 Å². The first-order valence-electron chi connectivity index (χ1n) is 9.64. The number of sulfonamides is 1. The number of nitrogens with one attached hydrogen (secondary N) is 1. The zero-order valence-corrected chi connectivity index (χ0v) is 17.6. The van der Waals surface area contributed by atoms with Gasteiger partial charge in [-0.15, -0.1) is 0 Å². The Morgan fingerprint density at radius 3 is 2.66 bits per heavy atom. The van der Waals surface area contributed by atoms with Crippen LogP contribution in [0.3, 0.4) is 0 Å². The summed E-state index contributed by atoms with van der Waals surface area (Å²) in [6, 6.07) is 7.09. The molecule has 0 spiro atoms. The van der Waals surface area contributed by atoms with Gasteiger partial charge in [0.2, 0.25) is 10.0 Å². The smallest absolute Gasteiger partial charge is 0.242 e. The maximum atomic E-state index is 13.5. The van der Waals surface area contributed by atoms with Crippen molar-refractivity contribution in [2.75, 3.05) is 7.05 Å². The molecule has 4 rings (SSSR count). The molecule has 1 N–H and O–H groups in total. The largest absolute Gasteiger partial charge is 0.361 e. The summed E-state index contributed by atoms with van der Waals surface area (Å²) in [7, 11) is -2.15. The van der Waals surface area contributed by atoms with E-state index in [1.807, 2.05) is 19.9 Å². The summed E-state index contributed by atoms with van der Waals surface area (Å²) < 4.78 is 35.3. The van der Waals surface area contributed by atoms with E-state index in [9.17, 15) is 8.42 Å². The molecule has 1 aromatic carbocycles. The standard InChI is InChI=1S/C21H24N4O3S/c1-14-20(15(2)28-24-14)16-11-18-17(7-6-10-23-18)19(12-16)29(26,27)25-21(13-22-3)8-4-5-9-21/h6-7,10-13,25H,4-5,8-9H2,1-3H3. The van der Waals surface area contributed by atoms with Gasteiger partial charge in [0.15, 0.2) is 0 Å². The average molecular weight is 413 g/mol. The van der Waals surface area contributed by atoms with E-state index >= 15 is 0 Å². The number of rotatable bonds is 5. The van der Waals surface area contributed by atoms with E-state index in [0.717, 1.165) is 36.8 Å². The molecule has 0 aliphatic heterocycles. The molecule has 29 heavy (non-hydrogen) atoms. The fourth-order valence-corrected chi connectivity index (χ4v) is 5.89. The number of benzene rings is 1. The fraction of sp³-hybridized carbons (Fsp3) is 0.381. The van der Waals surface area contributed by atoms with Crippen LogP contribution in [0.5, 0.6) is 0 Å². The molecular weight excluding hydrogens is 388 g/mol. The van der Waals surface area contributed by atoms with Crippen molar-refractivity contribution in [3.63, 3.8) is 0 Å². The first kappa shape index (κ1) is 19.7. The highest BCUT2D eigenvalue weighted by atomic mass is 32.2. The molecule has 2 aromatic heterocycles. The second-order valence-corrected chi connectivity index (χ2v) is 9.25. The van der Waals surface area contributed by atoms with Crippen LogP contribution in [0, 0.1) is 13.8 Å². The van der Waals surface area contributed by atoms with Gasteiger partial charge in [0.1, 0.15) is 5.76 Å². The molecule has 1 aliphatic rings. The highest BCUT2D eigenvalue weighted by Gasteiger charge is 2.37. The lowest BCUT2D eigenvalue weighted by atomic mass is 10.0. The van der Waals surface area contributed by atoms with Gasteiger partial charge in [0.25, 0.3) is 0 Å². The molecule has 0 radical (unpaired) electrons. The number of hydrogen-bond acceptors (Lipinski definition) is 6. The zero-order chi connectivity index (χ0) is 20.6. The summed E-state index contributed by atoms with van der Waals surface area (Å²) in [5.74, 6) is 0.638. The van der Waals surface area contributed by atoms with Gasteiger partial charge >= 0.3 is 0 Å². The Bertz CT molecular complexity index is 1170. The first-order valence-corrected chi connectivity index (χ1v) is 11.1. The van der Waals surface area contributed by atoms with Gasteiger partial charge in [-0.2, -0.15) is 4.72 Å². The summed E-state index contributed by atoms with van der Waals surface area (Å²) >= 11 is 0. The summed E-state index contributed by atoms with van der Waals surface area (Å²) in [5, 5.41) is 4.59. The molecule has 0 unspecified atom stereocenters. The van der Waals surface area contributed by atoms with E-state index in [1.54, 1.807) is 37.7 Å². The predicted molar refractivity (Wildman–Crippen MR) is 113 cm³/mol. The minimum Gasteiger partial charge on any atom is -0.361 e. The third kappa shape index (κ3) is 3.58. The van der Waals surface area contributed by atoms with Crippen molar-refractivity contribution in [1.82, 2.24) is 14.9 Å². The van der Waals surface area contributed by atoms with E-state index in [1.165, 1.54) is 0 Å². The second-order valence-electron chi connectivity index (χ2n) is 7.60. The van der Waals surface area contributed by atoms with Gasteiger partial charge < -0.3 is 4.52 Å². The van der Waals surface area contributed by atoms with Gasteiger partial charge in [0.05, 0.1) is 21.6 Å². The Hall–Kier alpha value is -2.58. The van der Waals surface area contributed by atoms with Crippen molar-refractivity contribution in [2.24, 2.45) is 4.99 Å². The third-order valence-corrected chi connectivity index (χ3v) is 7.10. The fourth-order valence-electron chi connectivity index (χ4n) is 4.24. The Balaban J connectivity index is 1.90. The van der Waals surface area contributed by atoms with Gasteiger partial charge in [-0.05, 0) is 56.5 Å². The SMILES string of the molecule is CN=CC1(NS(=O)(=O)c2cc(-c3c(C)noc3C)cc3ncccc23)CCCC1. The number of pyridine rings is 1. The van der Waals surface area contributed by atoms with Crippen molar-refractivity contribution < 1.29 is 12.9 Å². The Morgan fingerprint density at radius 1 is 1.24 bits per heavy atom. The van der Waals surface area contributed by atoms with Crippen molar-refractivity contribution >= 4 is 27.1 Å². The van der Waals surface area contributed by atoms with Crippen LogP contribution < -0.4 is 4.72 Å². The Morgan fingerprint density at radius 2 is 2.00 bits per heavy atom. The van der Waals surface area contributed by atoms with Crippen LogP contribution in [-0.4, -0.2) is 37.4 Å². The van der Waals surface area contributed by atoms with Crippen molar-refractivity contribution in [3.05, 3.63) is 41.9 Å². The third-order valence-electron chi connectivity index (χ3n) is 5.50. The van der Waals surface area contributed by atoms with Crippen LogP contribution in [0.25, 0.3) is 22.0 Å². The summed E-state index contributed by atoms with van der Waals surface area (Å²) in [6.45, 7) is 3.65. The molecular formula is C21H24N4O3S. The molecule has 1 saturated carbocycles. The van der Waals surface area contributed by atoms with Crippen molar-refractivity contribution in [3.8, 4) is 11.1 Å². The second kappa shape index (κ2) is 7.35. The molecule has 0 saturated heterocycles. The maximum absolute atomic E-state index is 13.5. The monoisotopic (exact) mass is 412 g/mol. The zero-order valence-electron chi connectivity index (χ0n) is 16.8. The van der Waals surface area contributed by atoms with Crippen molar-refractivity contribution in [2.45, 2.75) is 50.0 Å². The lowest BCUT2D eigenvalue weighted by Crippen LogP contribution is -2.47. The average Bonchev–Trinajstić information content (AvgIpc) is 3.27. The molecule has 0 amide bonds. The highest BCUT2D eigenvalue weighted by molar-refractivity contribution is 7.89. The molecule has 8 heteroatoms. The number of aryl methyl sites for hydroxylation is 2. The molecule has 3 aromatic rings. The maximum Gasteiger partial charge on any atom is 0.242 e. The van der Waals surface area contributed by atoms with Crippen LogP contribution >= 0.6 is 0 Å². The molecule has 2 heterocycles. The quantitative estimate of drug-likeness (QED) is 0.643. The predicted octanol–water partition coefficient (Wildman–Crippen LogP) is 3.80. The van der Waals surface area contributed by atoms with Gasteiger partial charge in [-0.3, -0.25) is 9.98 Å². The lowest BCUT2D eigenvalue weighted by Gasteiger charge is -2.26. The molecule has 1 aliphatic carbocycles. The molecule has 0 bridgehead atoms. The summed E-state index contributed by atoms with van der Waals surface area (Å²) in [4.78, 5) is 8.73. The van der Waals surface area contributed by atoms with E-state index < -0.39 is 15.6 Å². The Labute approximate surface area is 170 Å². The van der Waals surface area contributed by atoms with E-state index in [2.05, 4.69) is 19.9 Å². The number of nitrogens with zero attached hydrogens (tertiary/aromatic N) is 3. The first-order chi connectivity index (χ1) is 13.9. The number of fused-ring (bicyclic) bond motifs is 1. The summed E-state index contributed by atoms with van der Waals surface area (Å²) in [6.07, 6.45) is 6.81. The van der Waals surface area contributed by atoms with Crippen LogP contribution in [0.2, 0.25) is 0 Å². The number of aromatic nitrogens is 2. The van der Waals surface area contributed by atoms with Crippen molar-refractivity contribution in [1.29, 1.82) is 0 Å². The van der Waals surface area contributed by atoms with Gasteiger partial charge in [-0.25, -0.2) is 8.42 Å². The number of hydrogen-bond donors (Lipinski definition) is 1. The molecule has 7 nitrogen and oxygen atoms in total. The lowest BCUT2D eigenvalue weighted by molar-refractivity contribution is 0.393. The highest BCUT2D eigenvalue weighted by Crippen LogP contribution is 2.35. The Kier molecular flexibility index (Phi) is 5.00.